The molecule has 0 atom stereocenters. The van der Waals surface area contributed by atoms with Crippen LogP contribution in [0.4, 0.5) is 5.00 Å². The molecule has 1 aromatic rings. The van der Waals surface area contributed by atoms with Gasteiger partial charge in [0.15, 0.2) is 11.6 Å². The molecule has 220 valence electrons. The Morgan fingerprint density at radius 1 is 1.07 bits per heavy atom. The van der Waals surface area contributed by atoms with Crippen LogP contribution in [-0.2, 0) is 16.0 Å². The summed E-state index contributed by atoms with van der Waals surface area (Å²) in [6.45, 7) is 17.7. The topological polar surface area (TPSA) is 49.9 Å². The standard InChI is InChI=1S/C34H50N2O3S/c1-8-11-25(5)29(30(37)10-3)21-24(4)22-31(38)33-26(6)32(40-34(33)36-17-15-35(7)16-18-36)23-28(12-9-2)27-13-19-39-20-14-27/h8,11-12,22,27H,9-10,13-21,23H2,1-7H3. The Hall–Kier alpha value is -2.28. The van der Waals surface area contributed by atoms with E-state index < -0.39 is 0 Å². The van der Waals surface area contributed by atoms with Crippen molar-refractivity contribution in [3.05, 3.63) is 62.6 Å². The first-order chi connectivity index (χ1) is 19.2. The molecule has 0 amide bonds. The lowest BCUT2D eigenvalue weighted by molar-refractivity contribution is -0.115. The third kappa shape index (κ3) is 8.37. The molecule has 1 aromatic heterocycles. The fourth-order valence-corrected chi connectivity index (χ4v) is 7.18. The highest BCUT2D eigenvalue weighted by Crippen LogP contribution is 2.40. The molecule has 0 saturated carbocycles. The number of carbonyl (C=O) groups excluding carboxylic acids is 2. The molecule has 0 N–H and O–H groups in total. The highest BCUT2D eigenvalue weighted by molar-refractivity contribution is 7.16. The van der Waals surface area contributed by atoms with Crippen LogP contribution in [0.1, 0.15) is 87.5 Å². The molecule has 5 nitrogen and oxygen atoms in total. The number of allylic oxidation sites excluding steroid dienone is 8. The minimum Gasteiger partial charge on any atom is -0.381 e. The molecule has 0 unspecified atom stereocenters. The van der Waals surface area contributed by atoms with Gasteiger partial charge in [0.1, 0.15) is 5.00 Å². The van der Waals surface area contributed by atoms with Gasteiger partial charge in [-0.05, 0) is 83.6 Å². The average Bonchev–Trinajstić information content (AvgIpc) is 3.27. The van der Waals surface area contributed by atoms with E-state index in [0.29, 0.717) is 18.8 Å². The number of thiophene rings is 1. The van der Waals surface area contributed by atoms with Crippen molar-refractivity contribution in [3.8, 4) is 0 Å². The summed E-state index contributed by atoms with van der Waals surface area (Å²) in [6.07, 6.45) is 13.2. The Morgan fingerprint density at radius 3 is 2.35 bits per heavy atom. The van der Waals surface area contributed by atoms with Crippen LogP contribution in [0, 0.1) is 12.8 Å². The van der Waals surface area contributed by atoms with Crippen molar-refractivity contribution < 1.29 is 14.3 Å². The summed E-state index contributed by atoms with van der Waals surface area (Å²) in [4.78, 5) is 32.8. The molecule has 6 heteroatoms. The molecule has 2 fully saturated rings. The number of hydrogen-bond donors (Lipinski definition) is 0. The van der Waals surface area contributed by atoms with Crippen molar-refractivity contribution in [1.29, 1.82) is 0 Å². The van der Waals surface area contributed by atoms with Crippen molar-refractivity contribution in [2.45, 2.75) is 80.1 Å². The van der Waals surface area contributed by atoms with Gasteiger partial charge in [0, 0.05) is 62.7 Å². The fourth-order valence-electron chi connectivity index (χ4n) is 5.78. The minimum atomic E-state index is 0.0606. The van der Waals surface area contributed by atoms with Crippen LogP contribution in [0.15, 0.2) is 46.6 Å². The van der Waals surface area contributed by atoms with Gasteiger partial charge in [-0.2, -0.15) is 0 Å². The quantitative estimate of drug-likeness (QED) is 0.113. The first-order valence-electron chi connectivity index (χ1n) is 15.1. The number of Topliss-reactive ketones (excluding diaryl/α,β-unsaturated/α-hetero) is 1. The second-order valence-electron chi connectivity index (χ2n) is 11.3. The van der Waals surface area contributed by atoms with E-state index in [-0.39, 0.29) is 11.6 Å². The molecule has 3 heterocycles. The monoisotopic (exact) mass is 566 g/mol. The van der Waals surface area contributed by atoms with Crippen molar-refractivity contribution in [2.75, 3.05) is 51.3 Å². The molecular formula is C34H50N2O3S. The van der Waals surface area contributed by atoms with Gasteiger partial charge in [-0.3, -0.25) is 9.59 Å². The van der Waals surface area contributed by atoms with Gasteiger partial charge in [0.05, 0.1) is 5.56 Å². The highest BCUT2D eigenvalue weighted by Gasteiger charge is 2.28. The number of ether oxygens (including phenoxy) is 1. The minimum absolute atomic E-state index is 0.0606. The number of likely N-dealkylation sites (N-methyl/N-ethyl adjacent to an activating group) is 1. The van der Waals surface area contributed by atoms with Gasteiger partial charge in [-0.15, -0.1) is 11.3 Å². The molecule has 0 bridgehead atoms. The van der Waals surface area contributed by atoms with Gasteiger partial charge in [-0.25, -0.2) is 0 Å². The SMILES string of the molecule is CC=CC(C)=C(CC(C)=CC(=O)c1c(N2CCN(C)CC2)sc(CC(=CCC)C2CCOCC2)c1C)C(=O)CC. The normalized spacial score (nSPS) is 18.9. The highest BCUT2D eigenvalue weighted by atomic mass is 32.1. The van der Waals surface area contributed by atoms with E-state index in [0.717, 1.165) is 97.9 Å². The van der Waals surface area contributed by atoms with E-state index in [1.54, 1.807) is 6.08 Å². The summed E-state index contributed by atoms with van der Waals surface area (Å²) in [5, 5.41) is 1.11. The van der Waals surface area contributed by atoms with E-state index in [1.165, 1.54) is 10.5 Å². The van der Waals surface area contributed by atoms with Crippen LogP contribution in [0.2, 0.25) is 0 Å². The van der Waals surface area contributed by atoms with Crippen LogP contribution in [0.25, 0.3) is 0 Å². The predicted octanol–water partition coefficient (Wildman–Crippen LogP) is 7.50. The van der Waals surface area contributed by atoms with Crippen molar-refractivity contribution in [3.63, 3.8) is 0 Å². The first kappa shape index (κ1) is 32.2. The predicted molar refractivity (Wildman–Crippen MR) is 170 cm³/mol. The van der Waals surface area contributed by atoms with Crippen LogP contribution in [-0.4, -0.2) is 62.9 Å². The zero-order valence-electron chi connectivity index (χ0n) is 25.9. The van der Waals surface area contributed by atoms with Gasteiger partial charge in [-0.1, -0.05) is 43.2 Å². The Morgan fingerprint density at radius 2 is 1.75 bits per heavy atom. The maximum absolute atomic E-state index is 14.0. The van der Waals surface area contributed by atoms with Gasteiger partial charge in [0.2, 0.25) is 0 Å². The number of ketones is 2. The van der Waals surface area contributed by atoms with Crippen LogP contribution >= 0.6 is 11.3 Å². The summed E-state index contributed by atoms with van der Waals surface area (Å²) in [5.41, 5.74) is 6.17. The molecule has 2 aliphatic heterocycles. The van der Waals surface area contributed by atoms with Gasteiger partial charge < -0.3 is 14.5 Å². The molecular weight excluding hydrogens is 516 g/mol. The van der Waals surface area contributed by atoms with Crippen LogP contribution in [0.3, 0.4) is 0 Å². The Labute approximate surface area is 246 Å². The molecule has 0 aromatic carbocycles. The summed E-state index contributed by atoms with van der Waals surface area (Å²) in [6, 6.07) is 0. The maximum Gasteiger partial charge on any atom is 0.189 e. The average molecular weight is 567 g/mol. The molecule has 2 saturated heterocycles. The van der Waals surface area contributed by atoms with E-state index in [4.69, 9.17) is 4.74 Å². The fraction of sp³-hybridized carbons (Fsp3) is 0.588. The number of rotatable bonds is 12. The maximum atomic E-state index is 14.0. The molecule has 40 heavy (non-hydrogen) atoms. The van der Waals surface area contributed by atoms with Crippen molar-refractivity contribution >= 4 is 27.9 Å². The Bertz CT molecular complexity index is 1160. The zero-order chi connectivity index (χ0) is 29.2. The molecule has 3 rings (SSSR count). The summed E-state index contributed by atoms with van der Waals surface area (Å²) in [7, 11) is 2.16. The lowest BCUT2D eigenvalue weighted by Gasteiger charge is -2.33. The van der Waals surface area contributed by atoms with E-state index >= 15 is 0 Å². The van der Waals surface area contributed by atoms with Crippen molar-refractivity contribution in [2.24, 2.45) is 5.92 Å². The molecule has 0 aliphatic carbocycles. The third-order valence-electron chi connectivity index (χ3n) is 8.22. The number of carbonyl (C=O) groups is 2. The first-order valence-corrected chi connectivity index (χ1v) is 15.9. The summed E-state index contributed by atoms with van der Waals surface area (Å²) < 4.78 is 5.64. The third-order valence-corrected chi connectivity index (χ3v) is 9.58. The lowest BCUT2D eigenvalue weighted by atomic mass is 9.87. The van der Waals surface area contributed by atoms with Gasteiger partial charge >= 0.3 is 0 Å². The molecule has 0 radical (unpaired) electrons. The van der Waals surface area contributed by atoms with E-state index in [2.05, 4.69) is 36.8 Å². The molecule has 2 aliphatic rings. The Kier molecular flexibility index (Phi) is 12.6. The van der Waals surface area contributed by atoms with Gasteiger partial charge in [0.25, 0.3) is 0 Å². The smallest absolute Gasteiger partial charge is 0.189 e. The summed E-state index contributed by atoms with van der Waals surface area (Å²) >= 11 is 1.81. The van der Waals surface area contributed by atoms with Crippen LogP contribution in [0.5, 0.6) is 0 Å². The Balaban J connectivity index is 1.98. The van der Waals surface area contributed by atoms with E-state index in [9.17, 15) is 9.59 Å². The number of anilines is 1. The number of nitrogens with zero attached hydrogens (tertiary/aromatic N) is 2. The van der Waals surface area contributed by atoms with E-state index in [1.807, 2.05) is 51.2 Å². The lowest BCUT2D eigenvalue weighted by Crippen LogP contribution is -2.44. The zero-order valence-corrected chi connectivity index (χ0v) is 26.7. The summed E-state index contributed by atoms with van der Waals surface area (Å²) in [5.74, 6) is 0.766. The number of piperazine rings is 1. The number of hydrogen-bond acceptors (Lipinski definition) is 6. The van der Waals surface area contributed by atoms with Crippen LogP contribution < -0.4 is 4.90 Å². The van der Waals surface area contributed by atoms with Crippen molar-refractivity contribution in [1.82, 2.24) is 4.90 Å². The second-order valence-corrected chi connectivity index (χ2v) is 12.4. The largest absolute Gasteiger partial charge is 0.381 e. The molecule has 0 spiro atoms. The second kappa shape index (κ2) is 15.6.